The largest absolute Gasteiger partial charge is 0.280 e. The Morgan fingerprint density at radius 1 is 1.10 bits per heavy atom. The number of alkyl halides is 1. The first-order chi connectivity index (χ1) is 9.92. The second-order valence-electron chi connectivity index (χ2n) is 4.32. The van der Waals surface area contributed by atoms with Gasteiger partial charge in [-0.15, -0.1) is 11.6 Å². The molecule has 0 atom stereocenters. The van der Waals surface area contributed by atoms with Crippen molar-refractivity contribution in [2.45, 2.75) is 11.3 Å². The molecule has 0 aliphatic heterocycles. The first-order valence-electron chi connectivity index (χ1n) is 6.05. The van der Waals surface area contributed by atoms with Gasteiger partial charge in [-0.25, -0.2) is 8.42 Å². The van der Waals surface area contributed by atoms with Gasteiger partial charge in [0.1, 0.15) is 0 Å². The van der Waals surface area contributed by atoms with Crippen LogP contribution < -0.4 is 4.72 Å². The summed E-state index contributed by atoms with van der Waals surface area (Å²) in [5, 5.41) is 0.517. The number of halogens is 3. The van der Waals surface area contributed by atoms with Crippen LogP contribution in [-0.2, 0) is 16.4 Å². The van der Waals surface area contributed by atoms with Crippen LogP contribution in [0.4, 0.5) is 5.69 Å². The van der Waals surface area contributed by atoms with Crippen molar-refractivity contribution in [2.75, 3.05) is 10.6 Å². The van der Waals surface area contributed by atoms with Crippen molar-refractivity contribution in [1.82, 2.24) is 0 Å². The van der Waals surface area contributed by atoms with Crippen molar-refractivity contribution >= 4 is 54.8 Å². The SMILES string of the molecule is O=S(=O)(Nc1ccc(Cl)c(Br)c1)c1ccc(CCCl)cc1. The molecule has 0 heterocycles. The van der Waals surface area contributed by atoms with E-state index in [0.29, 0.717) is 27.5 Å². The first-order valence-corrected chi connectivity index (χ1v) is 9.24. The van der Waals surface area contributed by atoms with Crippen LogP contribution in [0.25, 0.3) is 0 Å². The van der Waals surface area contributed by atoms with Gasteiger partial charge in [-0.1, -0.05) is 23.7 Å². The molecule has 0 fully saturated rings. The first kappa shape index (κ1) is 16.6. The van der Waals surface area contributed by atoms with Gasteiger partial charge in [0.2, 0.25) is 0 Å². The molecule has 0 aliphatic rings. The molecule has 2 aromatic carbocycles. The summed E-state index contributed by atoms with van der Waals surface area (Å²) in [5.74, 6) is 0.503. The molecule has 0 amide bonds. The number of anilines is 1. The molecule has 0 saturated carbocycles. The number of sulfonamides is 1. The molecule has 0 aromatic heterocycles. The van der Waals surface area contributed by atoms with Crippen molar-refractivity contribution in [3.05, 3.63) is 57.5 Å². The van der Waals surface area contributed by atoms with Crippen LogP contribution in [0.1, 0.15) is 5.56 Å². The minimum atomic E-state index is -3.62. The van der Waals surface area contributed by atoms with Crippen LogP contribution in [0.5, 0.6) is 0 Å². The van der Waals surface area contributed by atoms with E-state index in [1.165, 1.54) is 0 Å². The van der Waals surface area contributed by atoms with Crippen molar-refractivity contribution in [3.8, 4) is 0 Å². The van der Waals surface area contributed by atoms with Crippen LogP contribution >= 0.6 is 39.1 Å². The molecule has 3 nitrogen and oxygen atoms in total. The lowest BCUT2D eigenvalue weighted by atomic mass is 10.2. The molecular formula is C14H12BrCl2NO2S. The molecule has 0 saturated heterocycles. The second-order valence-corrected chi connectivity index (χ2v) is 7.64. The summed E-state index contributed by atoms with van der Waals surface area (Å²) in [7, 11) is -3.62. The summed E-state index contributed by atoms with van der Waals surface area (Å²) in [6, 6.07) is 11.5. The molecule has 21 heavy (non-hydrogen) atoms. The smallest absolute Gasteiger partial charge is 0.261 e. The standard InChI is InChI=1S/C14H12BrCl2NO2S/c15-13-9-11(3-6-14(13)17)18-21(19,20)12-4-1-10(2-5-12)7-8-16/h1-6,9,18H,7-8H2. The third-order valence-corrected chi connectivity index (χ3v) is 5.59. The van der Waals surface area contributed by atoms with Crippen LogP contribution in [0.15, 0.2) is 51.8 Å². The number of rotatable bonds is 5. The average molecular weight is 409 g/mol. The summed E-state index contributed by atoms with van der Waals surface area (Å²) >= 11 is 14.8. The van der Waals surface area contributed by atoms with E-state index in [0.717, 1.165) is 5.56 Å². The third kappa shape index (κ3) is 4.36. The van der Waals surface area contributed by atoms with Crippen molar-refractivity contribution in [2.24, 2.45) is 0 Å². The minimum Gasteiger partial charge on any atom is -0.280 e. The predicted molar refractivity (Wildman–Crippen MR) is 90.8 cm³/mol. The summed E-state index contributed by atoms with van der Waals surface area (Å²) < 4.78 is 27.7. The lowest BCUT2D eigenvalue weighted by Crippen LogP contribution is -2.13. The summed E-state index contributed by atoms with van der Waals surface area (Å²) in [5.41, 5.74) is 1.44. The van der Waals surface area contributed by atoms with Gasteiger partial charge >= 0.3 is 0 Å². The summed E-state index contributed by atoms with van der Waals surface area (Å²) in [6.07, 6.45) is 0.708. The molecule has 2 aromatic rings. The Bertz CT molecular complexity index is 733. The van der Waals surface area contributed by atoms with E-state index >= 15 is 0 Å². The molecule has 0 spiro atoms. The Morgan fingerprint density at radius 3 is 2.33 bits per heavy atom. The molecule has 7 heteroatoms. The molecule has 0 aliphatic carbocycles. The number of aryl methyl sites for hydroxylation is 1. The van der Waals surface area contributed by atoms with Gasteiger partial charge in [0.05, 0.1) is 15.6 Å². The second kappa shape index (κ2) is 7.01. The van der Waals surface area contributed by atoms with E-state index in [2.05, 4.69) is 20.7 Å². The summed E-state index contributed by atoms with van der Waals surface area (Å²) in [6.45, 7) is 0. The number of nitrogens with one attached hydrogen (secondary N) is 1. The van der Waals surface area contributed by atoms with Gasteiger partial charge in [0, 0.05) is 10.4 Å². The lowest BCUT2D eigenvalue weighted by molar-refractivity contribution is 0.601. The fourth-order valence-electron chi connectivity index (χ4n) is 1.72. The Morgan fingerprint density at radius 2 is 1.76 bits per heavy atom. The Balaban J connectivity index is 2.23. The van der Waals surface area contributed by atoms with Gasteiger partial charge in [0.25, 0.3) is 10.0 Å². The van der Waals surface area contributed by atoms with E-state index in [1.807, 2.05) is 0 Å². The van der Waals surface area contributed by atoms with Crippen LogP contribution in [-0.4, -0.2) is 14.3 Å². The maximum Gasteiger partial charge on any atom is 0.261 e. The highest BCUT2D eigenvalue weighted by Crippen LogP contribution is 2.27. The monoisotopic (exact) mass is 407 g/mol. The highest BCUT2D eigenvalue weighted by atomic mass is 79.9. The quantitative estimate of drug-likeness (QED) is 0.729. The van der Waals surface area contributed by atoms with Crippen LogP contribution in [0.2, 0.25) is 5.02 Å². The Kier molecular flexibility index (Phi) is 5.54. The van der Waals surface area contributed by atoms with Crippen LogP contribution in [0, 0.1) is 0 Å². The number of benzene rings is 2. The zero-order valence-corrected chi connectivity index (χ0v) is 14.7. The third-order valence-electron chi connectivity index (χ3n) is 2.79. The van der Waals surface area contributed by atoms with Gasteiger partial charge < -0.3 is 0 Å². The number of hydrogen-bond acceptors (Lipinski definition) is 2. The Hall–Kier alpha value is -0.750. The van der Waals surface area contributed by atoms with Crippen molar-refractivity contribution in [1.29, 1.82) is 0 Å². The fourth-order valence-corrected chi connectivity index (χ4v) is 3.48. The van der Waals surface area contributed by atoms with Crippen molar-refractivity contribution in [3.63, 3.8) is 0 Å². The van der Waals surface area contributed by atoms with E-state index in [9.17, 15) is 8.42 Å². The van der Waals surface area contributed by atoms with E-state index < -0.39 is 10.0 Å². The van der Waals surface area contributed by atoms with Crippen LogP contribution in [0.3, 0.4) is 0 Å². The molecule has 0 unspecified atom stereocenters. The van der Waals surface area contributed by atoms with E-state index in [4.69, 9.17) is 23.2 Å². The minimum absolute atomic E-state index is 0.201. The average Bonchev–Trinajstić information content (AvgIpc) is 2.44. The number of hydrogen-bond donors (Lipinski definition) is 1. The highest BCUT2D eigenvalue weighted by molar-refractivity contribution is 9.10. The zero-order valence-electron chi connectivity index (χ0n) is 10.8. The Labute approximate surface area is 142 Å². The van der Waals surface area contributed by atoms with Gasteiger partial charge in [-0.05, 0) is 58.2 Å². The normalized spacial score (nSPS) is 11.4. The van der Waals surface area contributed by atoms with E-state index in [1.54, 1.807) is 42.5 Å². The zero-order chi connectivity index (χ0) is 15.5. The van der Waals surface area contributed by atoms with E-state index in [-0.39, 0.29) is 4.90 Å². The highest BCUT2D eigenvalue weighted by Gasteiger charge is 2.14. The molecule has 112 valence electrons. The molecular weight excluding hydrogens is 397 g/mol. The van der Waals surface area contributed by atoms with Gasteiger partial charge in [-0.2, -0.15) is 0 Å². The predicted octanol–water partition coefficient (Wildman–Crippen LogP) is 4.68. The van der Waals surface area contributed by atoms with Crippen molar-refractivity contribution < 1.29 is 8.42 Å². The van der Waals surface area contributed by atoms with Gasteiger partial charge in [0.15, 0.2) is 0 Å². The topological polar surface area (TPSA) is 46.2 Å². The molecule has 0 radical (unpaired) electrons. The van der Waals surface area contributed by atoms with Gasteiger partial charge in [-0.3, -0.25) is 4.72 Å². The molecule has 1 N–H and O–H groups in total. The molecule has 2 rings (SSSR count). The maximum atomic E-state index is 12.3. The fraction of sp³-hybridized carbons (Fsp3) is 0.143. The maximum absolute atomic E-state index is 12.3. The molecule has 0 bridgehead atoms. The lowest BCUT2D eigenvalue weighted by Gasteiger charge is -2.09. The summed E-state index contributed by atoms with van der Waals surface area (Å²) in [4.78, 5) is 0.201.